The fourth-order valence-corrected chi connectivity index (χ4v) is 0.989. The zero-order valence-electron chi connectivity index (χ0n) is 7.71. The van der Waals surface area contributed by atoms with E-state index in [0.29, 0.717) is 0 Å². The van der Waals surface area contributed by atoms with Gasteiger partial charge in [0.05, 0.1) is 11.4 Å². The molecule has 0 unspecified atom stereocenters. The molecule has 86 valence electrons. The molecule has 7 heteroatoms. The third-order valence-electron chi connectivity index (χ3n) is 1.65. The Balaban J connectivity index is 2.74. The Hall–Kier alpha value is -1.43. The molecular formula is C9H5ClF3NO2. The zero-order chi connectivity index (χ0) is 12.3. The van der Waals surface area contributed by atoms with Crippen molar-refractivity contribution in [3.63, 3.8) is 0 Å². The van der Waals surface area contributed by atoms with Crippen LogP contribution in [0, 0.1) is 0 Å². The highest BCUT2D eigenvalue weighted by atomic mass is 35.5. The van der Waals surface area contributed by atoms with E-state index >= 15 is 0 Å². The van der Waals surface area contributed by atoms with Gasteiger partial charge in [-0.15, -0.1) is 0 Å². The molecule has 0 radical (unpaired) electrons. The Morgan fingerprint density at radius 1 is 1.31 bits per heavy atom. The minimum atomic E-state index is -5.00. The number of carbonyl (C=O) groups is 2. The second-order valence-electron chi connectivity index (χ2n) is 2.88. The molecule has 3 nitrogen and oxygen atoms in total. The van der Waals surface area contributed by atoms with Gasteiger partial charge in [-0.1, -0.05) is 11.6 Å². The summed E-state index contributed by atoms with van der Waals surface area (Å²) >= 11 is 5.47. The van der Waals surface area contributed by atoms with Crippen LogP contribution >= 0.6 is 11.6 Å². The lowest BCUT2D eigenvalue weighted by atomic mass is 10.1. The highest BCUT2D eigenvalue weighted by Gasteiger charge is 2.39. The van der Waals surface area contributed by atoms with Crippen molar-refractivity contribution in [3.05, 3.63) is 29.0 Å². The van der Waals surface area contributed by atoms with E-state index in [1.165, 1.54) is 6.07 Å². The summed E-state index contributed by atoms with van der Waals surface area (Å²) in [4.78, 5) is 25.2. The fraction of sp³-hybridized carbons (Fsp3) is 0.222. The number of carbonyl (C=O) groups excluding carboxylic acids is 2. The van der Waals surface area contributed by atoms with Gasteiger partial charge in [-0.25, -0.2) is 0 Å². The second kappa shape index (κ2) is 4.61. The van der Waals surface area contributed by atoms with Crippen molar-refractivity contribution in [3.8, 4) is 0 Å². The third-order valence-corrected chi connectivity index (χ3v) is 1.87. The van der Waals surface area contributed by atoms with Crippen molar-refractivity contribution in [2.75, 3.05) is 0 Å². The number of aromatic nitrogens is 1. The maximum atomic E-state index is 11.8. The first-order valence-electron chi connectivity index (χ1n) is 4.05. The maximum Gasteiger partial charge on any atom is 0.450 e. The number of halogens is 4. The van der Waals surface area contributed by atoms with E-state index in [2.05, 4.69) is 4.98 Å². The summed E-state index contributed by atoms with van der Waals surface area (Å²) in [6, 6.07) is 2.47. The fourth-order valence-electron chi connectivity index (χ4n) is 0.877. The van der Waals surface area contributed by atoms with Crippen LogP contribution in [0.1, 0.15) is 16.9 Å². The monoisotopic (exact) mass is 251 g/mol. The Kier molecular flexibility index (Phi) is 3.64. The average Bonchev–Trinajstić information content (AvgIpc) is 2.17. The summed E-state index contributed by atoms with van der Waals surface area (Å²) in [7, 11) is 0. The van der Waals surface area contributed by atoms with E-state index < -0.39 is 24.2 Å². The van der Waals surface area contributed by atoms with Gasteiger partial charge in [-0.3, -0.25) is 14.6 Å². The van der Waals surface area contributed by atoms with Crippen molar-refractivity contribution in [1.82, 2.24) is 4.98 Å². The molecule has 0 bridgehead atoms. The molecule has 0 N–H and O–H groups in total. The van der Waals surface area contributed by atoms with Crippen LogP contribution in [0.2, 0.25) is 5.02 Å². The smallest absolute Gasteiger partial charge is 0.292 e. The first-order chi connectivity index (χ1) is 7.30. The number of hydrogen-bond acceptors (Lipinski definition) is 3. The van der Waals surface area contributed by atoms with Gasteiger partial charge < -0.3 is 0 Å². The second-order valence-corrected chi connectivity index (χ2v) is 3.32. The Bertz CT molecular complexity index is 414. The topological polar surface area (TPSA) is 47.0 Å². The van der Waals surface area contributed by atoms with Crippen molar-refractivity contribution >= 4 is 23.2 Å². The van der Waals surface area contributed by atoms with Crippen molar-refractivity contribution < 1.29 is 22.8 Å². The molecule has 0 aliphatic rings. The van der Waals surface area contributed by atoms with Crippen LogP contribution in [0.15, 0.2) is 18.3 Å². The largest absolute Gasteiger partial charge is 0.450 e. The molecule has 0 saturated carbocycles. The Morgan fingerprint density at radius 2 is 1.94 bits per heavy atom. The van der Waals surface area contributed by atoms with E-state index in [9.17, 15) is 22.8 Å². The van der Waals surface area contributed by atoms with Gasteiger partial charge in [0.1, 0.15) is 5.69 Å². The summed E-state index contributed by atoms with van der Waals surface area (Å²) in [5, 5.41) is 0.249. The molecule has 0 fully saturated rings. The molecule has 1 aromatic rings. The molecular weight excluding hydrogens is 247 g/mol. The van der Waals surface area contributed by atoms with E-state index in [1.54, 1.807) is 0 Å². The molecule has 0 aliphatic carbocycles. The molecule has 1 aromatic heterocycles. The van der Waals surface area contributed by atoms with E-state index in [1.807, 2.05) is 0 Å². The molecule has 1 heterocycles. The van der Waals surface area contributed by atoms with Gasteiger partial charge in [0.25, 0.3) is 0 Å². The number of alkyl halides is 3. The van der Waals surface area contributed by atoms with Crippen molar-refractivity contribution in [2.24, 2.45) is 0 Å². The number of hydrogen-bond donors (Lipinski definition) is 0. The molecule has 1 rings (SSSR count). The number of pyridine rings is 1. The summed E-state index contributed by atoms with van der Waals surface area (Å²) in [6.45, 7) is 0. The van der Waals surface area contributed by atoms with Crippen LogP contribution in [-0.4, -0.2) is 22.7 Å². The molecule has 16 heavy (non-hydrogen) atoms. The lowest BCUT2D eigenvalue weighted by Crippen LogP contribution is -2.25. The number of nitrogens with zero attached hydrogens (tertiary/aromatic N) is 1. The molecule has 0 aromatic carbocycles. The van der Waals surface area contributed by atoms with Gasteiger partial charge in [0, 0.05) is 6.20 Å². The van der Waals surface area contributed by atoms with Crippen LogP contribution in [0.25, 0.3) is 0 Å². The Labute approximate surface area is 93.2 Å². The van der Waals surface area contributed by atoms with E-state index in [-0.39, 0.29) is 10.7 Å². The molecule has 0 aliphatic heterocycles. The maximum absolute atomic E-state index is 11.8. The zero-order valence-corrected chi connectivity index (χ0v) is 8.47. The highest BCUT2D eigenvalue weighted by molar-refractivity contribution is 6.30. The summed E-state index contributed by atoms with van der Waals surface area (Å²) < 4.78 is 35.5. The quantitative estimate of drug-likeness (QED) is 0.612. The van der Waals surface area contributed by atoms with Crippen LogP contribution in [0.3, 0.4) is 0 Å². The van der Waals surface area contributed by atoms with Crippen LogP contribution < -0.4 is 0 Å². The first kappa shape index (κ1) is 12.6. The van der Waals surface area contributed by atoms with Crippen LogP contribution in [-0.2, 0) is 4.79 Å². The number of Topliss-reactive ketones (excluding diaryl/α,β-unsaturated/α-hetero) is 2. The van der Waals surface area contributed by atoms with Crippen molar-refractivity contribution in [2.45, 2.75) is 12.6 Å². The molecule has 0 spiro atoms. The Morgan fingerprint density at radius 3 is 2.38 bits per heavy atom. The predicted molar refractivity (Wildman–Crippen MR) is 49.3 cm³/mol. The highest BCUT2D eigenvalue weighted by Crippen LogP contribution is 2.19. The van der Waals surface area contributed by atoms with E-state index in [4.69, 9.17) is 11.6 Å². The summed E-state index contributed by atoms with van der Waals surface area (Å²) in [5.74, 6) is -3.08. The molecule has 0 amide bonds. The van der Waals surface area contributed by atoms with Gasteiger partial charge in [0.2, 0.25) is 5.78 Å². The van der Waals surface area contributed by atoms with Gasteiger partial charge >= 0.3 is 6.18 Å². The normalized spacial score (nSPS) is 11.2. The standard InChI is InChI=1S/C9H5ClF3NO2/c10-5-1-2-6(14-4-5)7(15)3-8(16)9(11,12)13/h1-2,4H,3H2. The third kappa shape index (κ3) is 3.30. The van der Waals surface area contributed by atoms with Gasteiger partial charge in [0.15, 0.2) is 5.78 Å². The van der Waals surface area contributed by atoms with Crippen LogP contribution in [0.4, 0.5) is 13.2 Å². The van der Waals surface area contributed by atoms with E-state index in [0.717, 1.165) is 12.3 Å². The SMILES string of the molecule is O=C(CC(=O)C(F)(F)F)c1ccc(Cl)cn1. The average molecular weight is 252 g/mol. The minimum absolute atomic E-state index is 0.220. The van der Waals surface area contributed by atoms with Gasteiger partial charge in [-0.05, 0) is 12.1 Å². The lowest BCUT2D eigenvalue weighted by molar-refractivity contribution is -0.170. The number of ketones is 2. The van der Waals surface area contributed by atoms with Crippen LogP contribution in [0.5, 0.6) is 0 Å². The lowest BCUT2D eigenvalue weighted by Gasteiger charge is -2.03. The minimum Gasteiger partial charge on any atom is -0.292 e. The predicted octanol–water partition coefficient (Wildman–Crippen LogP) is 2.44. The van der Waals surface area contributed by atoms with Crippen molar-refractivity contribution in [1.29, 1.82) is 0 Å². The molecule has 0 atom stereocenters. The molecule has 0 saturated heterocycles. The first-order valence-corrected chi connectivity index (χ1v) is 4.43. The summed E-state index contributed by atoms with van der Waals surface area (Å²) in [6.07, 6.45) is -5.12. The number of rotatable bonds is 3. The van der Waals surface area contributed by atoms with Gasteiger partial charge in [-0.2, -0.15) is 13.2 Å². The summed E-state index contributed by atoms with van der Waals surface area (Å²) in [5.41, 5.74) is -0.220.